The highest BCUT2D eigenvalue weighted by atomic mass is 79.9. The first kappa shape index (κ1) is 21.8. The van der Waals surface area contributed by atoms with Crippen LogP contribution in [-0.4, -0.2) is 47.8 Å². The minimum atomic E-state index is -0.0550. The molecule has 1 heterocycles. The highest BCUT2D eigenvalue weighted by molar-refractivity contribution is 8.93. The molecular weight excluding hydrogens is 448 g/mol. The number of aromatic hydroxyl groups is 2. The average Bonchev–Trinajstić information content (AvgIpc) is 2.57. The first-order chi connectivity index (χ1) is 11.1. The number of piperazine rings is 1. The van der Waals surface area contributed by atoms with Gasteiger partial charge in [0.25, 0.3) is 0 Å². The van der Waals surface area contributed by atoms with Gasteiger partial charge in [-0.1, -0.05) is 24.3 Å². The molecule has 3 rings (SSSR count). The van der Waals surface area contributed by atoms with Crippen LogP contribution in [0.1, 0.15) is 11.1 Å². The summed E-state index contributed by atoms with van der Waals surface area (Å²) in [6.07, 6.45) is 0.887. The van der Waals surface area contributed by atoms with Gasteiger partial charge in [0.15, 0.2) is 11.5 Å². The van der Waals surface area contributed by atoms with Crippen LogP contribution in [0.2, 0.25) is 0 Å². The predicted octanol–water partition coefficient (Wildman–Crippen LogP) is 3.93. The largest absolute Gasteiger partial charge is 0.504 e. The van der Waals surface area contributed by atoms with Crippen LogP contribution in [-0.2, 0) is 6.42 Å². The normalized spacial score (nSPS) is 14.5. The van der Waals surface area contributed by atoms with Gasteiger partial charge in [-0.25, -0.2) is 0 Å². The van der Waals surface area contributed by atoms with Gasteiger partial charge in [-0.3, -0.25) is 4.90 Å². The van der Waals surface area contributed by atoms with E-state index in [2.05, 4.69) is 41.0 Å². The van der Waals surface area contributed by atoms with Crippen molar-refractivity contribution in [3.8, 4) is 11.5 Å². The number of phenolic OH excluding ortho intramolecular Hbond substituents is 2. The average molecular weight is 474 g/mol. The maximum atomic E-state index is 9.55. The van der Waals surface area contributed by atoms with Crippen LogP contribution >= 0.6 is 34.0 Å². The number of para-hydroxylation sites is 1. The Hall–Kier alpha value is -1.24. The number of hydrogen-bond donors (Lipinski definition) is 2. The molecular formula is C19H26Br2N2O2. The van der Waals surface area contributed by atoms with Crippen molar-refractivity contribution in [2.24, 2.45) is 0 Å². The van der Waals surface area contributed by atoms with E-state index in [1.807, 2.05) is 6.07 Å². The molecule has 1 aliphatic heterocycles. The number of phenols is 2. The fourth-order valence-electron chi connectivity index (χ4n) is 3.14. The Labute approximate surface area is 170 Å². The highest BCUT2D eigenvalue weighted by Gasteiger charge is 2.18. The monoisotopic (exact) mass is 472 g/mol. The van der Waals surface area contributed by atoms with Crippen molar-refractivity contribution in [1.29, 1.82) is 0 Å². The van der Waals surface area contributed by atoms with Gasteiger partial charge in [0.2, 0.25) is 0 Å². The van der Waals surface area contributed by atoms with E-state index >= 15 is 0 Å². The van der Waals surface area contributed by atoms with Gasteiger partial charge in [0.05, 0.1) is 0 Å². The summed E-state index contributed by atoms with van der Waals surface area (Å²) >= 11 is 0. The van der Waals surface area contributed by atoms with Crippen LogP contribution in [0.4, 0.5) is 5.69 Å². The van der Waals surface area contributed by atoms with E-state index in [1.165, 1.54) is 11.3 Å². The predicted molar refractivity (Wildman–Crippen MR) is 114 cm³/mol. The smallest absolute Gasteiger partial charge is 0.157 e. The Morgan fingerprint density at radius 1 is 0.880 bits per heavy atom. The van der Waals surface area contributed by atoms with Crippen molar-refractivity contribution >= 4 is 39.7 Å². The van der Waals surface area contributed by atoms with Crippen LogP contribution in [0.25, 0.3) is 0 Å². The van der Waals surface area contributed by atoms with Gasteiger partial charge in [-0.15, -0.1) is 34.0 Å². The zero-order chi connectivity index (χ0) is 16.2. The van der Waals surface area contributed by atoms with Gasteiger partial charge in [-0.2, -0.15) is 0 Å². The van der Waals surface area contributed by atoms with Crippen molar-refractivity contribution in [2.75, 3.05) is 37.6 Å². The molecule has 4 nitrogen and oxygen atoms in total. The van der Waals surface area contributed by atoms with Crippen LogP contribution in [0.15, 0.2) is 42.5 Å². The molecule has 0 amide bonds. The highest BCUT2D eigenvalue weighted by Crippen LogP contribution is 2.25. The summed E-state index contributed by atoms with van der Waals surface area (Å²) in [4.78, 5) is 4.91. The van der Waals surface area contributed by atoms with Crippen LogP contribution < -0.4 is 4.90 Å². The maximum Gasteiger partial charge on any atom is 0.157 e. The molecule has 1 aliphatic rings. The maximum absolute atomic E-state index is 9.55. The Morgan fingerprint density at radius 3 is 2.20 bits per heavy atom. The van der Waals surface area contributed by atoms with Gasteiger partial charge in [-0.05, 0) is 42.7 Å². The van der Waals surface area contributed by atoms with E-state index in [4.69, 9.17) is 0 Å². The molecule has 1 saturated heterocycles. The van der Waals surface area contributed by atoms with E-state index in [9.17, 15) is 10.2 Å². The number of anilines is 1. The zero-order valence-electron chi connectivity index (χ0n) is 14.4. The van der Waals surface area contributed by atoms with Gasteiger partial charge in [0, 0.05) is 38.4 Å². The molecule has 1 fully saturated rings. The number of aryl methyl sites for hydroxylation is 1. The Balaban J connectivity index is 0.00000156. The second-order valence-electron chi connectivity index (χ2n) is 6.19. The lowest BCUT2D eigenvalue weighted by Gasteiger charge is -2.36. The molecule has 2 aromatic carbocycles. The lowest BCUT2D eigenvalue weighted by molar-refractivity contribution is 0.261. The van der Waals surface area contributed by atoms with E-state index in [0.29, 0.717) is 0 Å². The van der Waals surface area contributed by atoms with Crippen LogP contribution in [0.3, 0.4) is 0 Å². The number of rotatable bonds is 4. The topological polar surface area (TPSA) is 46.9 Å². The third-order valence-corrected chi connectivity index (χ3v) is 4.58. The molecule has 0 aromatic heterocycles. The first-order valence-electron chi connectivity index (χ1n) is 8.17. The summed E-state index contributed by atoms with van der Waals surface area (Å²) in [7, 11) is 0. The minimum Gasteiger partial charge on any atom is -0.504 e. The second kappa shape index (κ2) is 10.0. The molecule has 0 atom stereocenters. The summed E-state index contributed by atoms with van der Waals surface area (Å²) in [5, 5.41) is 18.9. The third kappa shape index (κ3) is 5.62. The Kier molecular flexibility index (Phi) is 8.76. The van der Waals surface area contributed by atoms with Crippen molar-refractivity contribution in [1.82, 2.24) is 4.90 Å². The lowest BCUT2D eigenvalue weighted by Crippen LogP contribution is -2.47. The lowest BCUT2D eigenvalue weighted by atomic mass is 10.1. The summed E-state index contributed by atoms with van der Waals surface area (Å²) in [6, 6.07) is 13.6. The second-order valence-corrected chi connectivity index (χ2v) is 6.19. The quantitative estimate of drug-likeness (QED) is 0.660. The van der Waals surface area contributed by atoms with Gasteiger partial charge >= 0.3 is 0 Å². The van der Waals surface area contributed by atoms with Crippen LogP contribution in [0, 0.1) is 6.92 Å². The summed E-state index contributed by atoms with van der Waals surface area (Å²) < 4.78 is 0. The van der Waals surface area contributed by atoms with Crippen molar-refractivity contribution in [3.05, 3.63) is 53.6 Å². The number of halogens is 2. The summed E-state index contributed by atoms with van der Waals surface area (Å²) in [6.45, 7) is 7.35. The van der Waals surface area contributed by atoms with Crippen molar-refractivity contribution in [2.45, 2.75) is 13.3 Å². The first-order valence-corrected chi connectivity index (χ1v) is 8.17. The SMILES string of the molecule is Br.Br.Cc1ccccc1N1CCN(CCc2ccc(O)c(O)c2)CC1. The molecule has 2 N–H and O–H groups in total. The van der Waals surface area contributed by atoms with E-state index in [-0.39, 0.29) is 45.5 Å². The van der Waals surface area contributed by atoms with E-state index in [0.717, 1.165) is 44.7 Å². The number of benzene rings is 2. The van der Waals surface area contributed by atoms with Gasteiger partial charge in [0.1, 0.15) is 0 Å². The molecule has 0 saturated carbocycles. The van der Waals surface area contributed by atoms with Crippen LogP contribution in [0.5, 0.6) is 11.5 Å². The molecule has 0 spiro atoms. The summed E-state index contributed by atoms with van der Waals surface area (Å²) in [5.41, 5.74) is 3.73. The fraction of sp³-hybridized carbons (Fsp3) is 0.368. The molecule has 138 valence electrons. The molecule has 2 aromatic rings. The Bertz CT molecular complexity index is 674. The van der Waals surface area contributed by atoms with Crippen molar-refractivity contribution in [3.63, 3.8) is 0 Å². The number of nitrogens with zero attached hydrogens (tertiary/aromatic N) is 2. The molecule has 0 aliphatic carbocycles. The molecule has 6 heteroatoms. The van der Waals surface area contributed by atoms with Gasteiger partial charge < -0.3 is 15.1 Å². The number of hydrogen-bond acceptors (Lipinski definition) is 4. The molecule has 25 heavy (non-hydrogen) atoms. The standard InChI is InChI=1S/C19H24N2O2.2BrH/c1-15-4-2-3-5-17(15)21-12-10-20(11-13-21)9-8-16-6-7-18(22)19(23)14-16;;/h2-7,14,22-23H,8-13H2,1H3;2*1H. The van der Waals surface area contributed by atoms with E-state index < -0.39 is 0 Å². The minimum absolute atomic E-state index is 0. The zero-order valence-corrected chi connectivity index (χ0v) is 17.8. The third-order valence-electron chi connectivity index (χ3n) is 4.58. The fourth-order valence-corrected chi connectivity index (χ4v) is 3.14. The molecule has 0 unspecified atom stereocenters. The molecule has 0 radical (unpaired) electrons. The summed E-state index contributed by atoms with van der Waals surface area (Å²) in [5.74, 6) is -0.0903. The van der Waals surface area contributed by atoms with E-state index in [1.54, 1.807) is 12.1 Å². The molecule has 0 bridgehead atoms. The van der Waals surface area contributed by atoms with Crippen molar-refractivity contribution < 1.29 is 10.2 Å². The Morgan fingerprint density at radius 2 is 1.56 bits per heavy atom.